The molecule has 1 atom stereocenters. The van der Waals surface area contributed by atoms with Crippen LogP contribution in [0.4, 0.5) is 23.1 Å². The van der Waals surface area contributed by atoms with E-state index in [0.717, 1.165) is 10.9 Å². The molecule has 0 amide bonds. The molecule has 0 fully saturated rings. The zero-order chi connectivity index (χ0) is 21.9. The van der Waals surface area contributed by atoms with Crippen LogP contribution in [0.15, 0.2) is 48.7 Å². The van der Waals surface area contributed by atoms with Crippen molar-refractivity contribution in [3.63, 3.8) is 0 Å². The molecular formula is C21H25ClN5O2P. The van der Waals surface area contributed by atoms with Gasteiger partial charge in [-0.1, -0.05) is 29.8 Å². The number of nitrogens with two attached hydrogens (primary N) is 1. The summed E-state index contributed by atoms with van der Waals surface area (Å²) in [4.78, 5) is 8.73. The van der Waals surface area contributed by atoms with Gasteiger partial charge < -0.3 is 25.7 Å². The maximum Gasteiger partial charge on any atom is 0.229 e. The first-order valence-corrected chi connectivity index (χ1v) is 12.3. The van der Waals surface area contributed by atoms with Gasteiger partial charge in [-0.15, -0.1) is 0 Å². The summed E-state index contributed by atoms with van der Waals surface area (Å²) < 4.78 is 18.1. The number of benzene rings is 2. The zero-order valence-corrected chi connectivity index (χ0v) is 19.0. The van der Waals surface area contributed by atoms with Crippen LogP contribution in [0.1, 0.15) is 18.5 Å². The quantitative estimate of drug-likeness (QED) is 0.445. The number of hydrogen-bond acceptors (Lipinski definition) is 7. The summed E-state index contributed by atoms with van der Waals surface area (Å²) in [6.07, 6.45) is 1.50. The third kappa shape index (κ3) is 5.11. The molecule has 4 N–H and O–H groups in total. The molecule has 2 aromatic carbocycles. The van der Waals surface area contributed by atoms with Crippen LogP contribution in [0, 0.1) is 0 Å². The third-order valence-electron chi connectivity index (χ3n) is 4.48. The minimum Gasteiger partial charge on any atom is -0.495 e. The van der Waals surface area contributed by atoms with Gasteiger partial charge in [0.2, 0.25) is 5.95 Å². The van der Waals surface area contributed by atoms with Crippen LogP contribution in [0.3, 0.4) is 0 Å². The normalized spacial score (nSPS) is 12.3. The average Bonchev–Trinajstić information content (AvgIpc) is 2.70. The van der Waals surface area contributed by atoms with E-state index in [4.69, 9.17) is 22.1 Å². The molecule has 7 nitrogen and oxygen atoms in total. The van der Waals surface area contributed by atoms with Gasteiger partial charge in [-0.25, -0.2) is 4.98 Å². The van der Waals surface area contributed by atoms with Crippen molar-refractivity contribution in [2.45, 2.75) is 13.0 Å². The monoisotopic (exact) mass is 445 g/mol. The van der Waals surface area contributed by atoms with Gasteiger partial charge in [-0.2, -0.15) is 4.98 Å². The Morgan fingerprint density at radius 1 is 1.13 bits per heavy atom. The van der Waals surface area contributed by atoms with Crippen LogP contribution in [0.25, 0.3) is 0 Å². The van der Waals surface area contributed by atoms with E-state index in [9.17, 15) is 4.57 Å². The van der Waals surface area contributed by atoms with Gasteiger partial charge in [-0.3, -0.25) is 0 Å². The minimum absolute atomic E-state index is 0.108. The molecule has 0 aliphatic heterocycles. The number of nitrogens with zero attached hydrogens (tertiary/aromatic N) is 2. The molecule has 0 spiro atoms. The first kappa shape index (κ1) is 22.1. The summed E-state index contributed by atoms with van der Waals surface area (Å²) in [5, 5.41) is 7.40. The largest absolute Gasteiger partial charge is 0.495 e. The summed E-state index contributed by atoms with van der Waals surface area (Å²) in [6, 6.07) is 12.9. The molecule has 3 aromatic rings. The van der Waals surface area contributed by atoms with Crippen molar-refractivity contribution in [2.24, 2.45) is 5.73 Å². The third-order valence-corrected chi connectivity index (χ3v) is 6.31. The van der Waals surface area contributed by atoms with Gasteiger partial charge >= 0.3 is 0 Å². The van der Waals surface area contributed by atoms with Crippen LogP contribution in [0.5, 0.6) is 5.75 Å². The van der Waals surface area contributed by atoms with Crippen LogP contribution in [0.2, 0.25) is 5.02 Å². The number of hydrogen-bond donors (Lipinski definition) is 3. The highest BCUT2D eigenvalue weighted by molar-refractivity contribution is 7.70. The van der Waals surface area contributed by atoms with E-state index in [1.807, 2.05) is 49.4 Å². The van der Waals surface area contributed by atoms with Gasteiger partial charge in [0.25, 0.3) is 0 Å². The fourth-order valence-electron chi connectivity index (χ4n) is 2.91. The molecule has 158 valence electrons. The van der Waals surface area contributed by atoms with Gasteiger partial charge in [0.15, 0.2) is 5.82 Å². The molecule has 0 bridgehead atoms. The van der Waals surface area contributed by atoms with Crippen LogP contribution < -0.4 is 26.4 Å². The highest BCUT2D eigenvalue weighted by atomic mass is 35.5. The molecule has 1 unspecified atom stereocenters. The standard InChI is InChI=1S/C21H25ClN5O2P/c1-13(23)14-9-10-16(18(11-14)29-2)26-21-24-12-15(22)20(27-21)25-17-7-5-6-8-19(17)30(3,4)28/h5-13H,23H2,1-4H3,(H2,24,25,26,27). The number of para-hydroxylation sites is 1. The summed E-state index contributed by atoms with van der Waals surface area (Å²) >= 11 is 6.31. The van der Waals surface area contributed by atoms with Crippen molar-refractivity contribution in [1.82, 2.24) is 9.97 Å². The summed E-state index contributed by atoms with van der Waals surface area (Å²) in [7, 11) is -0.900. The number of rotatable bonds is 7. The Balaban J connectivity index is 1.91. The molecule has 0 aliphatic rings. The van der Waals surface area contributed by atoms with E-state index in [2.05, 4.69) is 20.6 Å². The van der Waals surface area contributed by atoms with E-state index >= 15 is 0 Å². The Kier molecular flexibility index (Phi) is 6.66. The Morgan fingerprint density at radius 3 is 2.53 bits per heavy atom. The molecule has 1 heterocycles. The molecule has 0 saturated heterocycles. The maximum absolute atomic E-state index is 12.6. The first-order valence-electron chi connectivity index (χ1n) is 9.33. The van der Waals surface area contributed by atoms with E-state index in [-0.39, 0.29) is 6.04 Å². The second-order valence-corrected chi connectivity index (χ2v) is 10.8. The molecule has 0 saturated carbocycles. The van der Waals surface area contributed by atoms with Crippen LogP contribution >= 0.6 is 18.7 Å². The van der Waals surface area contributed by atoms with E-state index in [1.165, 1.54) is 6.20 Å². The van der Waals surface area contributed by atoms with E-state index < -0.39 is 7.14 Å². The van der Waals surface area contributed by atoms with Crippen LogP contribution in [-0.4, -0.2) is 30.4 Å². The number of ether oxygens (including phenoxy) is 1. The van der Waals surface area contributed by atoms with Crippen molar-refractivity contribution < 1.29 is 9.30 Å². The smallest absolute Gasteiger partial charge is 0.229 e. The zero-order valence-electron chi connectivity index (χ0n) is 17.3. The molecule has 3 rings (SSSR count). The van der Waals surface area contributed by atoms with Crippen molar-refractivity contribution in [3.8, 4) is 5.75 Å². The first-order chi connectivity index (χ1) is 14.2. The second kappa shape index (κ2) is 9.04. The predicted octanol–water partition coefficient (Wildman–Crippen LogP) is 4.89. The Morgan fingerprint density at radius 2 is 1.87 bits per heavy atom. The highest BCUT2D eigenvalue weighted by Crippen LogP contribution is 2.38. The lowest BCUT2D eigenvalue weighted by Crippen LogP contribution is -2.11. The Bertz CT molecular complexity index is 1100. The lowest BCUT2D eigenvalue weighted by molar-refractivity contribution is 0.416. The van der Waals surface area contributed by atoms with Crippen molar-refractivity contribution in [3.05, 3.63) is 59.2 Å². The predicted molar refractivity (Wildman–Crippen MR) is 125 cm³/mol. The lowest BCUT2D eigenvalue weighted by Gasteiger charge is -2.16. The van der Waals surface area contributed by atoms with Crippen molar-refractivity contribution in [2.75, 3.05) is 31.1 Å². The lowest BCUT2D eigenvalue weighted by atomic mass is 10.1. The van der Waals surface area contributed by atoms with Gasteiger partial charge in [0, 0.05) is 11.3 Å². The minimum atomic E-state index is -2.49. The molecule has 0 aliphatic carbocycles. The molecular weight excluding hydrogens is 421 g/mol. The number of anilines is 4. The number of aromatic nitrogens is 2. The molecule has 30 heavy (non-hydrogen) atoms. The Hall–Kier alpha value is -2.60. The van der Waals surface area contributed by atoms with E-state index in [0.29, 0.717) is 33.9 Å². The number of methoxy groups -OCH3 is 1. The number of nitrogens with one attached hydrogen (secondary N) is 2. The fourth-order valence-corrected chi connectivity index (χ4v) is 4.20. The van der Waals surface area contributed by atoms with E-state index in [1.54, 1.807) is 20.4 Å². The Labute approximate surface area is 181 Å². The second-order valence-electron chi connectivity index (χ2n) is 7.26. The topological polar surface area (TPSA) is 102 Å². The summed E-state index contributed by atoms with van der Waals surface area (Å²) in [6.45, 7) is 5.35. The molecule has 0 radical (unpaired) electrons. The number of halogens is 1. The van der Waals surface area contributed by atoms with Gasteiger partial charge in [0.05, 0.1) is 24.7 Å². The van der Waals surface area contributed by atoms with Crippen molar-refractivity contribution >= 4 is 47.2 Å². The average molecular weight is 446 g/mol. The molecule has 9 heteroatoms. The fraction of sp³-hybridized carbons (Fsp3) is 0.238. The summed E-state index contributed by atoms with van der Waals surface area (Å²) in [5.74, 6) is 1.37. The highest BCUT2D eigenvalue weighted by Gasteiger charge is 2.17. The van der Waals surface area contributed by atoms with Gasteiger partial charge in [0.1, 0.15) is 17.9 Å². The SMILES string of the molecule is COc1cc(C(C)N)ccc1Nc1ncc(Cl)c(Nc2ccccc2P(C)(C)=O)n1. The summed E-state index contributed by atoms with van der Waals surface area (Å²) in [5.41, 5.74) is 8.29. The van der Waals surface area contributed by atoms with Crippen LogP contribution in [-0.2, 0) is 4.57 Å². The van der Waals surface area contributed by atoms with Gasteiger partial charge in [-0.05, 0) is 50.1 Å². The maximum atomic E-state index is 12.6. The van der Waals surface area contributed by atoms with Crippen molar-refractivity contribution in [1.29, 1.82) is 0 Å². The molecule has 1 aromatic heterocycles.